The van der Waals surface area contributed by atoms with Crippen molar-refractivity contribution in [3.63, 3.8) is 0 Å². The van der Waals surface area contributed by atoms with Crippen LogP contribution in [0.1, 0.15) is 33.1 Å². The van der Waals surface area contributed by atoms with Gasteiger partial charge >= 0.3 is 0 Å². The third-order valence-corrected chi connectivity index (χ3v) is 4.02. The molecule has 0 fully saturated rings. The number of rotatable bonds is 10. The number of benzene rings is 1. The molecule has 0 bridgehead atoms. The predicted molar refractivity (Wildman–Crippen MR) is 103 cm³/mol. The standard InChI is InChI=1S/C20H28N2O4/c1-15(2)25-13-7-11-21-19(23)10-6-12-26-18-14-20(24)22(3)17-9-5-4-8-16(17)18/h4-5,8-9,14-15H,6-7,10-13H2,1-3H3,(H,21,23). The second kappa shape index (κ2) is 9.97. The zero-order chi connectivity index (χ0) is 18.9. The van der Waals surface area contributed by atoms with Crippen molar-refractivity contribution in [2.45, 2.75) is 39.2 Å². The Morgan fingerprint density at radius 2 is 1.96 bits per heavy atom. The van der Waals surface area contributed by atoms with Crippen molar-refractivity contribution in [1.29, 1.82) is 0 Å². The molecule has 2 rings (SSSR count). The van der Waals surface area contributed by atoms with Gasteiger partial charge in [-0.05, 0) is 38.8 Å². The quantitative estimate of drug-likeness (QED) is 0.661. The van der Waals surface area contributed by atoms with Gasteiger partial charge in [0, 0.05) is 38.1 Å². The van der Waals surface area contributed by atoms with Crippen molar-refractivity contribution in [2.75, 3.05) is 19.8 Å². The number of pyridine rings is 1. The number of para-hydroxylation sites is 1. The minimum absolute atomic E-state index is 0.00646. The Labute approximate surface area is 154 Å². The molecular formula is C20H28N2O4. The van der Waals surface area contributed by atoms with Gasteiger partial charge in [0.05, 0.1) is 18.2 Å². The van der Waals surface area contributed by atoms with E-state index in [-0.39, 0.29) is 17.6 Å². The number of hydrogen-bond acceptors (Lipinski definition) is 4. The van der Waals surface area contributed by atoms with E-state index in [9.17, 15) is 9.59 Å². The molecule has 1 heterocycles. The zero-order valence-electron chi connectivity index (χ0n) is 15.8. The van der Waals surface area contributed by atoms with E-state index in [0.29, 0.717) is 38.3 Å². The van der Waals surface area contributed by atoms with Crippen LogP contribution in [-0.4, -0.2) is 36.3 Å². The molecule has 0 radical (unpaired) electrons. The number of carbonyl (C=O) groups is 1. The van der Waals surface area contributed by atoms with Crippen LogP contribution in [-0.2, 0) is 16.6 Å². The van der Waals surface area contributed by atoms with Crippen LogP contribution in [0, 0.1) is 0 Å². The fourth-order valence-electron chi connectivity index (χ4n) is 2.62. The molecular weight excluding hydrogens is 332 g/mol. The van der Waals surface area contributed by atoms with E-state index in [2.05, 4.69) is 5.32 Å². The topological polar surface area (TPSA) is 69.6 Å². The highest BCUT2D eigenvalue weighted by Crippen LogP contribution is 2.23. The summed E-state index contributed by atoms with van der Waals surface area (Å²) >= 11 is 0. The maximum atomic E-state index is 12.0. The van der Waals surface area contributed by atoms with Gasteiger partial charge in [0.2, 0.25) is 5.91 Å². The summed E-state index contributed by atoms with van der Waals surface area (Å²) in [6.45, 7) is 5.64. The van der Waals surface area contributed by atoms with Crippen molar-refractivity contribution >= 4 is 16.8 Å². The molecule has 142 valence electrons. The zero-order valence-corrected chi connectivity index (χ0v) is 15.8. The second-order valence-corrected chi connectivity index (χ2v) is 6.50. The van der Waals surface area contributed by atoms with E-state index in [1.807, 2.05) is 38.1 Å². The van der Waals surface area contributed by atoms with E-state index in [4.69, 9.17) is 9.47 Å². The van der Waals surface area contributed by atoms with Crippen LogP contribution < -0.4 is 15.6 Å². The van der Waals surface area contributed by atoms with Crippen LogP contribution in [0.5, 0.6) is 5.75 Å². The molecule has 1 amide bonds. The summed E-state index contributed by atoms with van der Waals surface area (Å²) in [7, 11) is 1.74. The Bertz CT molecular complexity index is 783. The molecule has 0 saturated carbocycles. The van der Waals surface area contributed by atoms with Crippen LogP contribution in [0.15, 0.2) is 35.1 Å². The lowest BCUT2D eigenvalue weighted by Crippen LogP contribution is -2.25. The van der Waals surface area contributed by atoms with Gasteiger partial charge in [0.15, 0.2) is 0 Å². The number of aryl methyl sites for hydroxylation is 1. The predicted octanol–water partition coefficient (Wildman–Crippen LogP) is 2.63. The Kier molecular flexibility index (Phi) is 7.66. The van der Waals surface area contributed by atoms with Crippen LogP contribution in [0.3, 0.4) is 0 Å². The number of hydrogen-bond donors (Lipinski definition) is 1. The van der Waals surface area contributed by atoms with E-state index >= 15 is 0 Å². The van der Waals surface area contributed by atoms with Gasteiger partial charge in [-0.15, -0.1) is 0 Å². The molecule has 0 aliphatic carbocycles. The molecule has 0 aliphatic rings. The third-order valence-electron chi connectivity index (χ3n) is 4.02. The minimum atomic E-state index is -0.111. The van der Waals surface area contributed by atoms with Crippen molar-refractivity contribution < 1.29 is 14.3 Å². The minimum Gasteiger partial charge on any atom is -0.493 e. The second-order valence-electron chi connectivity index (χ2n) is 6.50. The Hall–Kier alpha value is -2.34. The fourth-order valence-corrected chi connectivity index (χ4v) is 2.62. The molecule has 1 aromatic heterocycles. The van der Waals surface area contributed by atoms with Gasteiger partial charge < -0.3 is 19.4 Å². The first-order chi connectivity index (χ1) is 12.5. The van der Waals surface area contributed by atoms with E-state index in [0.717, 1.165) is 17.3 Å². The normalized spacial score (nSPS) is 11.1. The smallest absolute Gasteiger partial charge is 0.254 e. The first-order valence-corrected chi connectivity index (χ1v) is 9.09. The molecule has 0 unspecified atom stereocenters. The first kappa shape index (κ1) is 20.0. The van der Waals surface area contributed by atoms with Gasteiger partial charge in [0.25, 0.3) is 5.56 Å². The Morgan fingerprint density at radius 1 is 1.19 bits per heavy atom. The molecule has 0 saturated heterocycles. The fraction of sp³-hybridized carbons (Fsp3) is 0.500. The number of aromatic nitrogens is 1. The first-order valence-electron chi connectivity index (χ1n) is 9.09. The molecule has 6 nitrogen and oxygen atoms in total. The van der Waals surface area contributed by atoms with Crippen LogP contribution in [0.4, 0.5) is 0 Å². The molecule has 1 N–H and O–H groups in total. The molecule has 1 aromatic carbocycles. The van der Waals surface area contributed by atoms with Crippen LogP contribution >= 0.6 is 0 Å². The maximum absolute atomic E-state index is 12.0. The SMILES string of the molecule is CC(C)OCCCNC(=O)CCCOc1cc(=O)n(C)c2ccccc12. The van der Waals surface area contributed by atoms with Crippen LogP contribution in [0.2, 0.25) is 0 Å². The van der Waals surface area contributed by atoms with Crippen LogP contribution in [0.25, 0.3) is 10.9 Å². The average molecular weight is 360 g/mol. The summed E-state index contributed by atoms with van der Waals surface area (Å²) in [5.41, 5.74) is 0.719. The lowest BCUT2D eigenvalue weighted by Gasteiger charge is -2.12. The summed E-state index contributed by atoms with van der Waals surface area (Å²) in [4.78, 5) is 23.8. The number of nitrogens with zero attached hydrogens (tertiary/aromatic N) is 1. The third kappa shape index (κ3) is 5.88. The molecule has 26 heavy (non-hydrogen) atoms. The molecule has 6 heteroatoms. The highest BCUT2D eigenvalue weighted by molar-refractivity contribution is 5.85. The van der Waals surface area contributed by atoms with Crippen molar-refractivity contribution in [1.82, 2.24) is 9.88 Å². The van der Waals surface area contributed by atoms with E-state index < -0.39 is 0 Å². The van der Waals surface area contributed by atoms with Crippen molar-refractivity contribution in [3.05, 3.63) is 40.7 Å². The highest BCUT2D eigenvalue weighted by Gasteiger charge is 2.08. The molecule has 0 spiro atoms. The number of carbonyl (C=O) groups excluding carboxylic acids is 1. The largest absolute Gasteiger partial charge is 0.493 e. The van der Waals surface area contributed by atoms with Gasteiger partial charge in [-0.25, -0.2) is 0 Å². The van der Waals surface area contributed by atoms with Crippen molar-refractivity contribution in [2.24, 2.45) is 7.05 Å². The molecule has 2 aromatic rings. The summed E-state index contributed by atoms with van der Waals surface area (Å²) in [5, 5.41) is 3.77. The van der Waals surface area contributed by atoms with Gasteiger partial charge in [-0.1, -0.05) is 12.1 Å². The summed E-state index contributed by atoms with van der Waals surface area (Å²) in [6, 6.07) is 9.12. The van der Waals surface area contributed by atoms with Gasteiger partial charge in [0.1, 0.15) is 5.75 Å². The lowest BCUT2D eigenvalue weighted by molar-refractivity contribution is -0.121. The maximum Gasteiger partial charge on any atom is 0.254 e. The number of ether oxygens (including phenoxy) is 2. The monoisotopic (exact) mass is 360 g/mol. The Morgan fingerprint density at radius 3 is 2.73 bits per heavy atom. The molecule has 0 atom stereocenters. The highest BCUT2D eigenvalue weighted by atomic mass is 16.5. The van der Waals surface area contributed by atoms with Crippen molar-refractivity contribution in [3.8, 4) is 5.75 Å². The molecule has 0 aliphatic heterocycles. The number of nitrogens with one attached hydrogen (secondary N) is 1. The average Bonchev–Trinajstić information content (AvgIpc) is 2.62. The Balaban J connectivity index is 1.75. The number of fused-ring (bicyclic) bond motifs is 1. The lowest BCUT2D eigenvalue weighted by atomic mass is 10.2. The van der Waals surface area contributed by atoms with E-state index in [1.165, 1.54) is 6.07 Å². The van der Waals surface area contributed by atoms with Gasteiger partial charge in [-0.3, -0.25) is 9.59 Å². The summed E-state index contributed by atoms with van der Waals surface area (Å²) in [6.07, 6.45) is 2.01. The van der Waals surface area contributed by atoms with Gasteiger partial charge in [-0.2, -0.15) is 0 Å². The summed E-state index contributed by atoms with van der Waals surface area (Å²) in [5.74, 6) is 0.571. The number of amides is 1. The van der Waals surface area contributed by atoms with E-state index in [1.54, 1.807) is 11.6 Å². The summed E-state index contributed by atoms with van der Waals surface area (Å²) < 4.78 is 12.8.